The molecule has 1 aliphatic heterocycles. The molecular weight excluding hydrogens is 204 g/mol. The zero-order valence-corrected chi connectivity index (χ0v) is 9.18. The molecule has 4 heteroatoms. The van der Waals surface area contributed by atoms with E-state index < -0.39 is 5.97 Å². The van der Waals surface area contributed by atoms with Gasteiger partial charge in [-0.3, -0.25) is 9.79 Å². The van der Waals surface area contributed by atoms with Crippen LogP contribution in [0.1, 0.15) is 26.2 Å². The van der Waals surface area contributed by atoms with Gasteiger partial charge < -0.3 is 5.11 Å². The van der Waals surface area contributed by atoms with Gasteiger partial charge in [-0.2, -0.15) is 0 Å². The van der Waals surface area contributed by atoms with Crippen LogP contribution in [0.15, 0.2) is 33.8 Å². The minimum Gasteiger partial charge on any atom is -0.481 e. The van der Waals surface area contributed by atoms with Crippen molar-refractivity contribution in [2.24, 2.45) is 9.98 Å². The summed E-state index contributed by atoms with van der Waals surface area (Å²) in [5, 5.41) is 8.53. The molecule has 1 heterocycles. The van der Waals surface area contributed by atoms with Crippen molar-refractivity contribution in [1.82, 2.24) is 0 Å². The Hall–Kier alpha value is -1.71. The van der Waals surface area contributed by atoms with E-state index in [0.29, 0.717) is 12.8 Å². The number of allylic oxidation sites excluding steroid dienone is 2. The molecule has 0 saturated heterocycles. The van der Waals surface area contributed by atoms with Gasteiger partial charge in [0.1, 0.15) is 11.9 Å². The third kappa shape index (κ3) is 2.45. The van der Waals surface area contributed by atoms with E-state index in [0.717, 1.165) is 11.5 Å². The van der Waals surface area contributed by atoms with Gasteiger partial charge >= 0.3 is 5.97 Å². The fraction of sp³-hybridized carbons (Fsp3) is 0.417. The van der Waals surface area contributed by atoms with E-state index >= 15 is 0 Å². The first-order chi connectivity index (χ1) is 7.65. The molecule has 0 fully saturated rings. The monoisotopic (exact) mass is 218 g/mol. The standard InChI is InChI=1S/C12H14N2O2/c1-8-5-6-9-10(7-8)14-11(13-9)3-2-4-12(15)16/h5-7,9H,2-4H2,1H3,(H,15,16). The maximum atomic E-state index is 10.4. The fourth-order valence-corrected chi connectivity index (χ4v) is 1.77. The predicted molar refractivity (Wildman–Crippen MR) is 63.0 cm³/mol. The van der Waals surface area contributed by atoms with Gasteiger partial charge in [0.25, 0.3) is 0 Å². The zero-order valence-electron chi connectivity index (χ0n) is 9.18. The van der Waals surface area contributed by atoms with Crippen molar-refractivity contribution in [3.8, 4) is 0 Å². The highest BCUT2D eigenvalue weighted by Crippen LogP contribution is 2.18. The maximum Gasteiger partial charge on any atom is 0.303 e. The van der Waals surface area contributed by atoms with Crippen molar-refractivity contribution in [1.29, 1.82) is 0 Å². The van der Waals surface area contributed by atoms with E-state index in [1.54, 1.807) is 0 Å². The van der Waals surface area contributed by atoms with Crippen LogP contribution in [0.4, 0.5) is 0 Å². The molecule has 84 valence electrons. The van der Waals surface area contributed by atoms with Crippen molar-refractivity contribution < 1.29 is 9.90 Å². The van der Waals surface area contributed by atoms with Crippen LogP contribution in [-0.4, -0.2) is 28.7 Å². The van der Waals surface area contributed by atoms with Crippen LogP contribution >= 0.6 is 0 Å². The Balaban J connectivity index is 1.95. The van der Waals surface area contributed by atoms with Crippen LogP contribution in [0.3, 0.4) is 0 Å². The lowest BCUT2D eigenvalue weighted by atomic mass is 10.0. The van der Waals surface area contributed by atoms with Gasteiger partial charge in [0.15, 0.2) is 0 Å². The van der Waals surface area contributed by atoms with Gasteiger partial charge in [-0.25, -0.2) is 4.99 Å². The lowest BCUT2D eigenvalue weighted by Gasteiger charge is -2.07. The molecule has 1 N–H and O–H groups in total. The predicted octanol–water partition coefficient (Wildman–Crippen LogP) is 1.98. The maximum absolute atomic E-state index is 10.4. The van der Waals surface area contributed by atoms with E-state index in [2.05, 4.69) is 9.98 Å². The molecule has 0 amide bonds. The zero-order chi connectivity index (χ0) is 11.5. The number of carbonyl (C=O) groups is 1. The highest BCUT2D eigenvalue weighted by molar-refractivity contribution is 6.13. The SMILES string of the molecule is CC1=CC2=NC(CCCC(=O)O)=NC2C=C1. The van der Waals surface area contributed by atoms with Crippen molar-refractivity contribution in [2.45, 2.75) is 32.2 Å². The Kier molecular flexibility index (Phi) is 2.99. The van der Waals surface area contributed by atoms with Gasteiger partial charge in [0.05, 0.1) is 5.71 Å². The van der Waals surface area contributed by atoms with Crippen LogP contribution in [0.25, 0.3) is 0 Å². The first-order valence-corrected chi connectivity index (χ1v) is 5.39. The lowest BCUT2D eigenvalue weighted by Crippen LogP contribution is -2.12. The number of aliphatic carboxylic acids is 1. The molecule has 0 aromatic carbocycles. The Bertz CT molecular complexity index is 430. The van der Waals surface area contributed by atoms with E-state index in [4.69, 9.17) is 5.11 Å². The van der Waals surface area contributed by atoms with Crippen molar-refractivity contribution in [3.63, 3.8) is 0 Å². The van der Waals surface area contributed by atoms with Gasteiger partial charge in [0.2, 0.25) is 0 Å². The molecule has 2 rings (SSSR count). The largest absolute Gasteiger partial charge is 0.481 e. The Labute approximate surface area is 94.1 Å². The molecule has 1 atom stereocenters. The molecule has 2 aliphatic rings. The summed E-state index contributed by atoms with van der Waals surface area (Å²) in [5.74, 6) is 0.0103. The summed E-state index contributed by atoms with van der Waals surface area (Å²) in [6, 6.07) is 0.0588. The van der Waals surface area contributed by atoms with Gasteiger partial charge in [-0.1, -0.05) is 12.2 Å². The Morgan fingerprint density at radius 1 is 1.56 bits per heavy atom. The molecule has 0 aromatic rings. The molecule has 16 heavy (non-hydrogen) atoms. The van der Waals surface area contributed by atoms with Crippen molar-refractivity contribution in [2.75, 3.05) is 0 Å². The van der Waals surface area contributed by atoms with E-state index in [1.165, 1.54) is 5.57 Å². The second kappa shape index (κ2) is 4.43. The molecule has 1 unspecified atom stereocenters. The molecule has 0 aromatic heterocycles. The number of carboxylic acids is 1. The third-order valence-corrected chi connectivity index (χ3v) is 2.56. The van der Waals surface area contributed by atoms with Crippen LogP contribution in [0, 0.1) is 0 Å². The summed E-state index contributed by atoms with van der Waals surface area (Å²) < 4.78 is 0. The minimum atomic E-state index is -0.765. The first-order valence-electron chi connectivity index (χ1n) is 5.39. The summed E-state index contributed by atoms with van der Waals surface area (Å²) in [7, 11) is 0. The molecular formula is C12H14N2O2. The summed E-state index contributed by atoms with van der Waals surface area (Å²) in [4.78, 5) is 19.2. The van der Waals surface area contributed by atoms with E-state index in [-0.39, 0.29) is 12.5 Å². The number of hydrogen-bond donors (Lipinski definition) is 1. The summed E-state index contributed by atoms with van der Waals surface area (Å²) >= 11 is 0. The Morgan fingerprint density at radius 2 is 2.38 bits per heavy atom. The van der Waals surface area contributed by atoms with Gasteiger partial charge in [-0.15, -0.1) is 0 Å². The van der Waals surface area contributed by atoms with Crippen molar-refractivity contribution >= 4 is 17.5 Å². The molecule has 0 spiro atoms. The van der Waals surface area contributed by atoms with Crippen LogP contribution in [0.2, 0.25) is 0 Å². The van der Waals surface area contributed by atoms with E-state index in [9.17, 15) is 4.79 Å². The quantitative estimate of drug-likeness (QED) is 0.784. The van der Waals surface area contributed by atoms with Gasteiger partial charge in [-0.05, 0) is 25.0 Å². The topological polar surface area (TPSA) is 62.0 Å². The number of fused-ring (bicyclic) bond motifs is 1. The summed E-state index contributed by atoms with van der Waals surface area (Å²) in [5.41, 5.74) is 2.15. The third-order valence-electron chi connectivity index (χ3n) is 2.56. The minimum absolute atomic E-state index is 0.0588. The molecule has 0 radical (unpaired) electrons. The molecule has 1 aliphatic carbocycles. The van der Waals surface area contributed by atoms with Crippen LogP contribution < -0.4 is 0 Å². The number of nitrogens with zero attached hydrogens (tertiary/aromatic N) is 2. The second-order valence-corrected chi connectivity index (χ2v) is 4.02. The highest BCUT2D eigenvalue weighted by atomic mass is 16.4. The highest BCUT2D eigenvalue weighted by Gasteiger charge is 2.20. The molecule has 0 saturated carbocycles. The Morgan fingerprint density at radius 3 is 3.12 bits per heavy atom. The lowest BCUT2D eigenvalue weighted by molar-refractivity contribution is -0.137. The van der Waals surface area contributed by atoms with Crippen molar-refractivity contribution in [3.05, 3.63) is 23.8 Å². The van der Waals surface area contributed by atoms with Crippen LogP contribution in [0.5, 0.6) is 0 Å². The summed E-state index contributed by atoms with van der Waals surface area (Å²) in [6.45, 7) is 2.03. The normalized spacial score (nSPS) is 22.3. The summed E-state index contributed by atoms with van der Waals surface area (Å²) in [6.07, 6.45) is 7.51. The van der Waals surface area contributed by atoms with Gasteiger partial charge in [0, 0.05) is 12.8 Å². The fourth-order valence-electron chi connectivity index (χ4n) is 1.77. The number of aliphatic imine (C=N–C) groups is 2. The first kappa shape index (κ1) is 10.8. The average molecular weight is 218 g/mol. The smallest absolute Gasteiger partial charge is 0.303 e. The number of carboxylic acid groups (broad SMARTS) is 1. The van der Waals surface area contributed by atoms with E-state index in [1.807, 2.05) is 25.2 Å². The average Bonchev–Trinajstić information content (AvgIpc) is 2.58. The second-order valence-electron chi connectivity index (χ2n) is 4.02. The number of amidine groups is 1. The number of hydrogen-bond acceptors (Lipinski definition) is 3. The van der Waals surface area contributed by atoms with Crippen LogP contribution in [-0.2, 0) is 4.79 Å². The molecule has 4 nitrogen and oxygen atoms in total. The number of rotatable bonds is 4. The molecule has 0 bridgehead atoms.